The van der Waals surface area contributed by atoms with Crippen LogP contribution in [0, 0.1) is 3.57 Å². The average Bonchev–Trinajstić information content (AvgIpc) is 2.48. The molecule has 0 saturated heterocycles. The number of hydrogen-bond acceptors (Lipinski definition) is 2. The van der Waals surface area contributed by atoms with Crippen molar-refractivity contribution in [2.75, 3.05) is 0 Å². The fourth-order valence-electron chi connectivity index (χ4n) is 1.56. The monoisotopic (exact) mass is 376 g/mol. The van der Waals surface area contributed by atoms with E-state index < -0.39 is 0 Å². The van der Waals surface area contributed by atoms with Gasteiger partial charge in [-0.15, -0.1) is 0 Å². The van der Waals surface area contributed by atoms with E-state index in [4.69, 9.17) is 0 Å². The summed E-state index contributed by atoms with van der Waals surface area (Å²) >= 11 is 2.13. The molecule has 0 saturated carbocycles. The third-order valence-electron chi connectivity index (χ3n) is 2.53. The quantitative estimate of drug-likeness (QED) is 0.493. The van der Waals surface area contributed by atoms with Crippen LogP contribution in [0.4, 0.5) is 0 Å². The Balaban J connectivity index is 1.89. The third-order valence-corrected chi connectivity index (χ3v) is 3.47. The molecule has 0 radical (unpaired) electrons. The molecule has 0 unspecified atom stereocenters. The van der Waals surface area contributed by atoms with Crippen molar-refractivity contribution in [3.05, 3.63) is 75.4 Å². The van der Waals surface area contributed by atoms with E-state index in [0.29, 0.717) is 5.56 Å². The predicted molar refractivity (Wildman–Crippen MR) is 90.6 cm³/mol. The van der Waals surface area contributed by atoms with Gasteiger partial charge >= 0.3 is 0 Å². The zero-order valence-corrected chi connectivity index (χ0v) is 12.8. The molecule has 0 aliphatic heterocycles. The summed E-state index contributed by atoms with van der Waals surface area (Å²) in [6.07, 6.45) is 5.26. The number of hydrazone groups is 1. The van der Waals surface area contributed by atoms with Gasteiger partial charge in [-0.1, -0.05) is 48.5 Å². The van der Waals surface area contributed by atoms with Gasteiger partial charge in [0.25, 0.3) is 5.91 Å². The molecule has 0 spiro atoms. The number of nitrogens with one attached hydrogen (secondary N) is 1. The van der Waals surface area contributed by atoms with E-state index >= 15 is 0 Å². The van der Waals surface area contributed by atoms with Gasteiger partial charge in [-0.25, -0.2) is 5.43 Å². The van der Waals surface area contributed by atoms with Crippen LogP contribution in [0.25, 0.3) is 6.08 Å². The second kappa shape index (κ2) is 7.59. The highest BCUT2D eigenvalue weighted by Gasteiger charge is 2.06. The highest BCUT2D eigenvalue weighted by Crippen LogP contribution is 2.10. The van der Waals surface area contributed by atoms with Gasteiger partial charge in [0.2, 0.25) is 0 Å². The Hall–Kier alpha value is -1.95. The van der Waals surface area contributed by atoms with Crippen molar-refractivity contribution in [2.45, 2.75) is 0 Å². The smallest absolute Gasteiger partial charge is 0.267 e. The highest BCUT2D eigenvalue weighted by atomic mass is 127. The van der Waals surface area contributed by atoms with Crippen molar-refractivity contribution in [1.29, 1.82) is 0 Å². The Morgan fingerprint density at radius 1 is 1.05 bits per heavy atom. The molecule has 2 aromatic rings. The Kier molecular flexibility index (Phi) is 5.49. The van der Waals surface area contributed by atoms with E-state index in [0.717, 1.165) is 9.13 Å². The lowest BCUT2D eigenvalue weighted by Gasteiger charge is -2.01. The second-order valence-corrected chi connectivity index (χ2v) is 5.13. The van der Waals surface area contributed by atoms with Gasteiger partial charge in [0.05, 0.1) is 5.56 Å². The summed E-state index contributed by atoms with van der Waals surface area (Å²) in [4.78, 5) is 11.8. The molecule has 2 aromatic carbocycles. The number of benzene rings is 2. The second-order valence-electron chi connectivity index (χ2n) is 3.97. The molecule has 100 valence electrons. The van der Waals surface area contributed by atoms with Gasteiger partial charge in [0, 0.05) is 9.78 Å². The van der Waals surface area contributed by atoms with Crippen molar-refractivity contribution < 1.29 is 4.79 Å². The lowest BCUT2D eigenvalue weighted by molar-refractivity contribution is 0.0954. The molecule has 0 aliphatic carbocycles. The van der Waals surface area contributed by atoms with Crippen molar-refractivity contribution in [2.24, 2.45) is 5.10 Å². The Morgan fingerprint density at radius 3 is 2.50 bits per heavy atom. The van der Waals surface area contributed by atoms with Crippen LogP contribution in [0.2, 0.25) is 0 Å². The molecule has 3 nitrogen and oxygen atoms in total. The van der Waals surface area contributed by atoms with Crippen LogP contribution in [0.3, 0.4) is 0 Å². The Labute approximate surface area is 131 Å². The van der Waals surface area contributed by atoms with Crippen molar-refractivity contribution in [1.82, 2.24) is 5.43 Å². The van der Waals surface area contributed by atoms with Crippen molar-refractivity contribution >= 4 is 40.8 Å². The topological polar surface area (TPSA) is 41.5 Å². The van der Waals surface area contributed by atoms with Gasteiger partial charge in [-0.3, -0.25) is 4.79 Å². The first-order chi connectivity index (χ1) is 9.77. The number of allylic oxidation sites excluding steroid dienone is 1. The number of carbonyl (C=O) groups is 1. The van der Waals surface area contributed by atoms with Crippen LogP contribution < -0.4 is 5.43 Å². The molecule has 2 rings (SSSR count). The molecular weight excluding hydrogens is 363 g/mol. The van der Waals surface area contributed by atoms with E-state index in [1.165, 1.54) is 0 Å². The number of amides is 1. The number of rotatable bonds is 4. The summed E-state index contributed by atoms with van der Waals surface area (Å²) in [5.74, 6) is -0.209. The van der Waals surface area contributed by atoms with E-state index in [9.17, 15) is 4.79 Å². The van der Waals surface area contributed by atoms with Crippen LogP contribution in [-0.4, -0.2) is 12.1 Å². The van der Waals surface area contributed by atoms with Gasteiger partial charge in [-0.05, 0) is 46.4 Å². The number of halogens is 1. The maximum absolute atomic E-state index is 11.8. The zero-order valence-electron chi connectivity index (χ0n) is 10.7. The van der Waals surface area contributed by atoms with E-state index in [1.54, 1.807) is 18.4 Å². The van der Waals surface area contributed by atoms with Gasteiger partial charge < -0.3 is 0 Å². The maximum Gasteiger partial charge on any atom is 0.272 e. The fraction of sp³-hybridized carbons (Fsp3) is 0. The van der Waals surface area contributed by atoms with Crippen molar-refractivity contribution in [3.8, 4) is 0 Å². The van der Waals surface area contributed by atoms with Crippen molar-refractivity contribution in [3.63, 3.8) is 0 Å². The van der Waals surface area contributed by atoms with Crippen LogP contribution in [0.15, 0.2) is 65.8 Å². The first kappa shape index (κ1) is 14.5. The molecular formula is C16H13IN2O. The summed E-state index contributed by atoms with van der Waals surface area (Å²) < 4.78 is 0.901. The van der Waals surface area contributed by atoms with Crippen LogP contribution >= 0.6 is 22.6 Å². The molecule has 1 N–H and O–H groups in total. The largest absolute Gasteiger partial charge is 0.272 e. The van der Waals surface area contributed by atoms with Gasteiger partial charge in [0.15, 0.2) is 0 Å². The molecule has 0 fully saturated rings. The molecule has 0 atom stereocenters. The average molecular weight is 376 g/mol. The minimum absolute atomic E-state index is 0.209. The normalized spacial score (nSPS) is 11.1. The minimum Gasteiger partial charge on any atom is -0.267 e. The van der Waals surface area contributed by atoms with E-state index in [-0.39, 0.29) is 5.91 Å². The van der Waals surface area contributed by atoms with Gasteiger partial charge in [0.1, 0.15) is 0 Å². The molecule has 0 bridgehead atoms. The molecule has 0 heterocycles. The summed E-state index contributed by atoms with van der Waals surface area (Å²) in [5.41, 5.74) is 4.21. The minimum atomic E-state index is -0.209. The summed E-state index contributed by atoms with van der Waals surface area (Å²) in [5, 5.41) is 3.89. The van der Waals surface area contributed by atoms with Crippen LogP contribution in [0.5, 0.6) is 0 Å². The number of nitrogens with zero attached hydrogens (tertiary/aromatic N) is 1. The third kappa shape index (κ3) is 4.31. The lowest BCUT2D eigenvalue weighted by Crippen LogP contribution is -2.18. The molecule has 1 amide bonds. The maximum atomic E-state index is 11.8. The Morgan fingerprint density at radius 2 is 1.75 bits per heavy atom. The predicted octanol–water partition coefficient (Wildman–Crippen LogP) is 3.72. The standard InChI is InChI=1S/C16H13IN2O/c17-15-11-5-4-10-14(15)16(20)19-18-12-6-9-13-7-2-1-3-8-13/h1-12H,(H,19,20). The zero-order chi connectivity index (χ0) is 14.2. The van der Waals surface area contributed by atoms with Crippen LogP contribution in [-0.2, 0) is 0 Å². The lowest BCUT2D eigenvalue weighted by atomic mass is 10.2. The number of hydrogen-bond donors (Lipinski definition) is 1. The van der Waals surface area contributed by atoms with E-state index in [1.807, 2.05) is 54.6 Å². The van der Waals surface area contributed by atoms with Gasteiger partial charge in [-0.2, -0.15) is 5.10 Å². The molecule has 4 heteroatoms. The first-order valence-corrected chi connectivity index (χ1v) is 7.15. The Bertz CT molecular complexity index is 636. The summed E-state index contributed by atoms with van der Waals surface area (Å²) in [6, 6.07) is 17.3. The molecule has 0 aliphatic rings. The SMILES string of the molecule is O=C(NN=CC=Cc1ccccc1)c1ccccc1I. The van der Waals surface area contributed by atoms with E-state index in [2.05, 4.69) is 33.1 Å². The first-order valence-electron chi connectivity index (χ1n) is 6.07. The molecule has 0 aromatic heterocycles. The summed E-state index contributed by atoms with van der Waals surface area (Å²) in [6.45, 7) is 0. The molecule has 20 heavy (non-hydrogen) atoms. The highest BCUT2D eigenvalue weighted by molar-refractivity contribution is 14.1. The number of carbonyl (C=O) groups excluding carboxylic acids is 1. The summed E-state index contributed by atoms with van der Waals surface area (Å²) in [7, 11) is 0. The van der Waals surface area contributed by atoms with Crippen LogP contribution in [0.1, 0.15) is 15.9 Å². The fourth-order valence-corrected chi connectivity index (χ4v) is 2.20.